The minimum Gasteiger partial charge on any atom is -0.508 e. The van der Waals surface area contributed by atoms with E-state index in [2.05, 4.69) is 10.1 Å². The van der Waals surface area contributed by atoms with Crippen molar-refractivity contribution in [3.05, 3.63) is 39.7 Å². The number of nitrogens with two attached hydrogens (primary N) is 1. The maximum atomic E-state index is 13.9. The Kier molecular flexibility index (Phi) is 6.86. The summed E-state index contributed by atoms with van der Waals surface area (Å²) in [6, 6.07) is -0.827. The average molecular weight is 582 g/mol. The molecule has 2 fully saturated rings. The summed E-state index contributed by atoms with van der Waals surface area (Å²) < 4.78 is 45.3. The number of phenols is 1. The molecular weight excluding hydrogens is 551 g/mol. The third-order valence-corrected chi connectivity index (χ3v) is 8.77. The zero-order valence-electron chi connectivity index (χ0n) is 22.2. The first kappa shape index (κ1) is 28.9. The number of likely N-dealkylation sites (N-methyl/N-ethyl adjacent to an activating group) is 1. The van der Waals surface area contributed by atoms with Crippen LogP contribution in [0.2, 0.25) is 0 Å². The summed E-state index contributed by atoms with van der Waals surface area (Å²) in [5, 5.41) is 47.9. The number of aromatic hydroxyl groups is 1. The van der Waals surface area contributed by atoms with Gasteiger partial charge in [0.25, 0.3) is 5.91 Å². The Morgan fingerprint density at radius 3 is 2.51 bits per heavy atom. The fourth-order valence-corrected chi connectivity index (χ4v) is 6.87. The molecule has 222 valence electrons. The van der Waals surface area contributed by atoms with Gasteiger partial charge < -0.3 is 36.2 Å². The molecule has 3 aliphatic carbocycles. The van der Waals surface area contributed by atoms with Crippen LogP contribution in [0.25, 0.3) is 5.76 Å². The number of aliphatic hydroxyl groups is 3. The number of carbonyl (C=O) groups is 3. The van der Waals surface area contributed by atoms with Crippen molar-refractivity contribution in [1.29, 1.82) is 0 Å². The van der Waals surface area contributed by atoms with Crippen LogP contribution in [0.5, 0.6) is 11.5 Å². The Morgan fingerprint density at radius 2 is 1.95 bits per heavy atom. The van der Waals surface area contributed by atoms with Crippen molar-refractivity contribution in [2.75, 3.05) is 20.1 Å². The number of Topliss-reactive ketones (excluding diaryl/α,β-unsaturated/α-hetero) is 2. The number of halogens is 3. The molecule has 0 radical (unpaired) electrons. The highest BCUT2D eigenvalue weighted by molar-refractivity contribution is 6.24. The zero-order valence-corrected chi connectivity index (χ0v) is 22.2. The van der Waals surface area contributed by atoms with Crippen LogP contribution in [0, 0.1) is 11.8 Å². The van der Waals surface area contributed by atoms with Crippen molar-refractivity contribution in [3.8, 4) is 11.5 Å². The Hall–Kier alpha value is -3.62. The molecule has 5 rings (SSSR count). The van der Waals surface area contributed by atoms with Crippen LogP contribution in [0.15, 0.2) is 23.0 Å². The largest absolute Gasteiger partial charge is 0.573 e. The molecule has 1 aromatic carbocycles. The van der Waals surface area contributed by atoms with Crippen molar-refractivity contribution in [1.82, 2.24) is 10.2 Å². The molecule has 1 amide bonds. The van der Waals surface area contributed by atoms with Gasteiger partial charge in [-0.15, -0.1) is 13.2 Å². The normalized spacial score (nSPS) is 29.9. The number of hydrogen-bond donors (Lipinski definition) is 6. The van der Waals surface area contributed by atoms with Gasteiger partial charge in [0.1, 0.15) is 28.6 Å². The van der Waals surface area contributed by atoms with Gasteiger partial charge in [-0.25, -0.2) is 0 Å². The molecule has 1 aliphatic heterocycles. The van der Waals surface area contributed by atoms with E-state index in [4.69, 9.17) is 5.73 Å². The lowest BCUT2D eigenvalue weighted by molar-refractivity contribution is -0.275. The zero-order chi connectivity index (χ0) is 30.2. The molecule has 1 aromatic rings. The highest BCUT2D eigenvalue weighted by Gasteiger charge is 2.64. The van der Waals surface area contributed by atoms with Gasteiger partial charge in [0.05, 0.1) is 11.6 Å². The van der Waals surface area contributed by atoms with Gasteiger partial charge in [0.15, 0.2) is 11.4 Å². The van der Waals surface area contributed by atoms with Crippen molar-refractivity contribution < 1.29 is 52.7 Å². The molecule has 14 heteroatoms. The highest BCUT2D eigenvalue weighted by Crippen LogP contribution is 2.55. The second-order valence-corrected chi connectivity index (χ2v) is 10.9. The Morgan fingerprint density at radius 1 is 1.27 bits per heavy atom. The first-order valence-electron chi connectivity index (χ1n) is 13.2. The molecule has 41 heavy (non-hydrogen) atoms. The Balaban J connectivity index is 1.74. The number of nitrogens with zero attached hydrogens (tertiary/aromatic N) is 1. The van der Waals surface area contributed by atoms with Crippen molar-refractivity contribution >= 4 is 23.2 Å². The summed E-state index contributed by atoms with van der Waals surface area (Å²) in [6.07, 6.45) is -4.55. The van der Waals surface area contributed by atoms with Gasteiger partial charge in [-0.1, -0.05) is 6.92 Å². The second-order valence-electron chi connectivity index (χ2n) is 10.9. The third-order valence-electron chi connectivity index (χ3n) is 8.77. The summed E-state index contributed by atoms with van der Waals surface area (Å²) in [4.78, 5) is 40.9. The Labute approximate surface area is 232 Å². The fraction of sp³-hybridized carbons (Fsp3) is 0.519. The number of alkyl halides is 3. The SMILES string of the molecule is CCN(C)[C@@H]1C(=O)C(C(N)=O)=C(O)[C@@]2(O)C(=O)C3=C(O)c4c(O)cc(C5CCCN5)c(OC(F)(F)F)c4C[C@H]3C[C@@H]12. The highest BCUT2D eigenvalue weighted by atomic mass is 19.4. The average Bonchev–Trinajstić information content (AvgIpc) is 3.41. The number of fused-ring (bicyclic) bond motifs is 3. The van der Waals surface area contributed by atoms with E-state index in [1.807, 2.05) is 0 Å². The predicted octanol–water partition coefficient (Wildman–Crippen LogP) is 1.68. The number of nitrogens with one attached hydrogen (secondary N) is 1. The molecule has 0 aromatic heterocycles. The van der Waals surface area contributed by atoms with Crippen LogP contribution in [0.4, 0.5) is 13.2 Å². The topological polar surface area (TPSA) is 183 Å². The van der Waals surface area contributed by atoms with Crippen LogP contribution in [0.1, 0.15) is 48.9 Å². The monoisotopic (exact) mass is 581 g/mol. The van der Waals surface area contributed by atoms with Gasteiger partial charge in [0.2, 0.25) is 5.78 Å². The first-order chi connectivity index (χ1) is 19.1. The van der Waals surface area contributed by atoms with E-state index in [1.165, 1.54) is 11.9 Å². The van der Waals surface area contributed by atoms with Crippen molar-refractivity contribution in [2.45, 2.75) is 56.7 Å². The first-order valence-corrected chi connectivity index (χ1v) is 13.2. The summed E-state index contributed by atoms with van der Waals surface area (Å²) in [6.45, 7) is 2.43. The van der Waals surface area contributed by atoms with Crippen LogP contribution in [-0.4, -0.2) is 80.9 Å². The van der Waals surface area contributed by atoms with Crippen molar-refractivity contribution in [2.24, 2.45) is 17.6 Å². The molecule has 7 N–H and O–H groups in total. The second kappa shape index (κ2) is 9.74. The molecular formula is C27H30F3N3O8. The third kappa shape index (κ3) is 4.27. The molecule has 1 saturated heterocycles. The smallest absolute Gasteiger partial charge is 0.508 e. The van der Waals surface area contributed by atoms with E-state index < -0.39 is 93.1 Å². The lowest BCUT2D eigenvalue weighted by Gasteiger charge is -2.50. The number of ketones is 2. The van der Waals surface area contributed by atoms with E-state index in [9.17, 15) is 48.0 Å². The lowest BCUT2D eigenvalue weighted by Crippen LogP contribution is -2.66. The molecule has 4 aliphatic rings. The number of hydrogen-bond acceptors (Lipinski definition) is 10. The van der Waals surface area contributed by atoms with Crippen LogP contribution in [-0.2, 0) is 20.8 Å². The number of benzene rings is 1. The maximum Gasteiger partial charge on any atom is 0.573 e. The van der Waals surface area contributed by atoms with Gasteiger partial charge >= 0.3 is 6.36 Å². The lowest BCUT2D eigenvalue weighted by atomic mass is 9.57. The van der Waals surface area contributed by atoms with E-state index >= 15 is 0 Å². The molecule has 1 saturated carbocycles. The quantitative estimate of drug-likeness (QED) is 0.280. The maximum absolute atomic E-state index is 13.9. The predicted molar refractivity (Wildman–Crippen MR) is 136 cm³/mol. The van der Waals surface area contributed by atoms with E-state index in [-0.39, 0.29) is 30.5 Å². The van der Waals surface area contributed by atoms with E-state index in [0.717, 1.165) is 6.07 Å². The minimum atomic E-state index is -5.12. The number of rotatable bonds is 5. The van der Waals surface area contributed by atoms with Crippen LogP contribution >= 0.6 is 0 Å². The summed E-state index contributed by atoms with van der Waals surface area (Å²) >= 11 is 0. The van der Waals surface area contributed by atoms with E-state index in [1.54, 1.807) is 6.92 Å². The molecule has 1 heterocycles. The van der Waals surface area contributed by atoms with Gasteiger partial charge in [-0.2, -0.15) is 0 Å². The van der Waals surface area contributed by atoms with Gasteiger partial charge in [-0.05, 0) is 57.8 Å². The summed E-state index contributed by atoms with van der Waals surface area (Å²) in [5.41, 5.74) is 0.451. The number of amides is 1. The number of phenolic OH excluding ortho intramolecular Hbond substituents is 1. The molecule has 11 nitrogen and oxygen atoms in total. The van der Waals surface area contributed by atoms with Crippen LogP contribution < -0.4 is 15.8 Å². The van der Waals surface area contributed by atoms with Gasteiger partial charge in [-0.3, -0.25) is 19.3 Å². The molecule has 5 atom stereocenters. The van der Waals surface area contributed by atoms with E-state index in [0.29, 0.717) is 19.4 Å². The van der Waals surface area contributed by atoms with Crippen molar-refractivity contribution in [3.63, 3.8) is 0 Å². The summed E-state index contributed by atoms with van der Waals surface area (Å²) in [7, 11) is 1.50. The van der Waals surface area contributed by atoms with Crippen LogP contribution in [0.3, 0.4) is 0 Å². The van der Waals surface area contributed by atoms with Gasteiger partial charge in [0, 0.05) is 28.7 Å². The number of ether oxygens (including phenoxy) is 1. The minimum absolute atomic E-state index is 0.0362. The fourth-order valence-electron chi connectivity index (χ4n) is 6.87. The molecule has 0 bridgehead atoms. The Bertz CT molecular complexity index is 1420. The number of aliphatic hydroxyl groups excluding tert-OH is 2. The number of primary amides is 1. The molecule has 0 spiro atoms. The number of carbonyl (C=O) groups excluding carboxylic acids is 3. The standard InChI is InChI=1S/C27H30F3N3O8/c1-3-33(2)19-13-8-10-7-12-17(15(34)9-11(14-5-4-6-32-14)22(12)41-27(28,29)30)20(35)16(10)23(37)26(13,40)24(38)18(21(19)36)25(31)39/h9-10,13-14,19,32,34-35,38,40H,3-8H2,1-2H3,(H2,31,39)/t10-,13-,14?,19-,26-/m0/s1. The summed E-state index contributed by atoms with van der Waals surface area (Å²) in [5.74, 6) is -9.27. The molecule has 1 unspecified atom stereocenters.